The van der Waals surface area contributed by atoms with E-state index in [-0.39, 0.29) is 0 Å². The summed E-state index contributed by atoms with van der Waals surface area (Å²) in [6.07, 6.45) is 3.48. The van der Waals surface area contributed by atoms with Gasteiger partial charge in [-0.25, -0.2) is 0 Å². The predicted octanol–water partition coefficient (Wildman–Crippen LogP) is 1.19. The zero-order valence-electron chi connectivity index (χ0n) is 10.3. The molecule has 0 spiro atoms. The average Bonchev–Trinajstić information content (AvgIpc) is 2.17. The molecule has 0 amide bonds. The highest BCUT2D eigenvalue weighted by molar-refractivity contribution is 4.83. The normalized spacial score (nSPS) is 37.0. The van der Waals surface area contributed by atoms with Crippen molar-refractivity contribution in [2.45, 2.75) is 44.9 Å². The molecule has 88 valence electrons. The number of nitrogens with zero attached hydrogens (tertiary/aromatic N) is 2. The number of rotatable bonds is 1. The van der Waals surface area contributed by atoms with Gasteiger partial charge in [0.05, 0.1) is 12.2 Å². The van der Waals surface area contributed by atoms with Crippen LogP contribution in [0.3, 0.4) is 0 Å². The molecule has 0 saturated carbocycles. The van der Waals surface area contributed by atoms with Gasteiger partial charge in [0.25, 0.3) is 0 Å². The first-order valence-corrected chi connectivity index (χ1v) is 6.23. The van der Waals surface area contributed by atoms with E-state index < -0.39 is 0 Å². The highest BCUT2D eigenvalue weighted by Gasteiger charge is 2.29. The zero-order chi connectivity index (χ0) is 10.8. The molecule has 3 heteroatoms. The van der Waals surface area contributed by atoms with Gasteiger partial charge in [-0.05, 0) is 46.8 Å². The molecule has 0 unspecified atom stereocenters. The van der Waals surface area contributed by atoms with Crippen molar-refractivity contribution in [3.05, 3.63) is 0 Å². The molecule has 0 aromatic heterocycles. The Morgan fingerprint density at radius 2 is 1.53 bits per heavy atom. The number of morpholine rings is 1. The Hall–Kier alpha value is -0.120. The van der Waals surface area contributed by atoms with E-state index in [0.29, 0.717) is 12.2 Å². The number of likely N-dealkylation sites (tertiary alicyclic amines) is 1. The Bertz CT molecular complexity index is 192. The second-order valence-corrected chi connectivity index (χ2v) is 5.25. The average molecular weight is 212 g/mol. The van der Waals surface area contributed by atoms with Crippen LogP contribution in [0.2, 0.25) is 0 Å². The van der Waals surface area contributed by atoms with Crippen LogP contribution in [-0.2, 0) is 4.74 Å². The molecular formula is C12H24N2O. The number of hydrogen-bond acceptors (Lipinski definition) is 3. The third kappa shape index (κ3) is 2.92. The lowest BCUT2D eigenvalue weighted by Gasteiger charge is -2.43. The molecule has 3 nitrogen and oxygen atoms in total. The second kappa shape index (κ2) is 4.81. The van der Waals surface area contributed by atoms with Gasteiger partial charge in [-0.15, -0.1) is 0 Å². The van der Waals surface area contributed by atoms with Crippen LogP contribution in [0.5, 0.6) is 0 Å². The molecule has 0 aromatic carbocycles. The summed E-state index contributed by atoms with van der Waals surface area (Å²) >= 11 is 0. The molecule has 2 saturated heterocycles. The van der Waals surface area contributed by atoms with Gasteiger partial charge in [-0.3, -0.25) is 4.90 Å². The van der Waals surface area contributed by atoms with E-state index in [0.717, 1.165) is 19.1 Å². The first kappa shape index (κ1) is 11.4. The Balaban J connectivity index is 1.87. The molecule has 0 aliphatic carbocycles. The molecule has 0 aromatic rings. The third-order valence-electron chi connectivity index (χ3n) is 3.65. The lowest BCUT2D eigenvalue weighted by molar-refractivity contribution is -0.0858. The summed E-state index contributed by atoms with van der Waals surface area (Å²) in [6.45, 7) is 9.14. The van der Waals surface area contributed by atoms with Crippen molar-refractivity contribution in [2.24, 2.45) is 0 Å². The minimum atomic E-state index is 0.411. The minimum Gasteiger partial charge on any atom is -0.373 e. The fourth-order valence-electron chi connectivity index (χ4n) is 2.88. The van der Waals surface area contributed by atoms with Crippen LogP contribution in [0.25, 0.3) is 0 Å². The fourth-order valence-corrected chi connectivity index (χ4v) is 2.88. The lowest BCUT2D eigenvalue weighted by Crippen LogP contribution is -2.52. The summed E-state index contributed by atoms with van der Waals surface area (Å²) in [7, 11) is 2.22. The van der Waals surface area contributed by atoms with Gasteiger partial charge in [0.2, 0.25) is 0 Å². The summed E-state index contributed by atoms with van der Waals surface area (Å²) in [5, 5.41) is 0. The van der Waals surface area contributed by atoms with Crippen LogP contribution < -0.4 is 0 Å². The Morgan fingerprint density at radius 3 is 2.07 bits per heavy atom. The Labute approximate surface area is 93.4 Å². The van der Waals surface area contributed by atoms with E-state index in [1.807, 2.05) is 0 Å². The molecule has 0 radical (unpaired) electrons. The van der Waals surface area contributed by atoms with Crippen LogP contribution in [0.15, 0.2) is 0 Å². The summed E-state index contributed by atoms with van der Waals surface area (Å²) in [6, 6.07) is 0.801. The van der Waals surface area contributed by atoms with Crippen LogP contribution in [0, 0.1) is 0 Å². The first-order valence-electron chi connectivity index (χ1n) is 6.23. The monoisotopic (exact) mass is 212 g/mol. The fraction of sp³-hybridized carbons (Fsp3) is 1.00. The van der Waals surface area contributed by atoms with Gasteiger partial charge in [-0.1, -0.05) is 0 Å². The van der Waals surface area contributed by atoms with Gasteiger partial charge < -0.3 is 9.64 Å². The summed E-state index contributed by atoms with van der Waals surface area (Å²) in [4.78, 5) is 5.08. The maximum Gasteiger partial charge on any atom is 0.0678 e. The molecule has 2 heterocycles. The second-order valence-electron chi connectivity index (χ2n) is 5.25. The third-order valence-corrected chi connectivity index (χ3v) is 3.65. The van der Waals surface area contributed by atoms with E-state index >= 15 is 0 Å². The molecular weight excluding hydrogens is 188 g/mol. The Morgan fingerprint density at radius 1 is 1.00 bits per heavy atom. The van der Waals surface area contributed by atoms with Crippen molar-refractivity contribution >= 4 is 0 Å². The molecule has 15 heavy (non-hydrogen) atoms. The Kier molecular flexibility index (Phi) is 3.65. The van der Waals surface area contributed by atoms with Crippen molar-refractivity contribution in [1.29, 1.82) is 0 Å². The maximum absolute atomic E-state index is 5.78. The van der Waals surface area contributed by atoms with Crippen LogP contribution in [0.4, 0.5) is 0 Å². The van der Waals surface area contributed by atoms with Crippen molar-refractivity contribution < 1.29 is 4.74 Å². The smallest absolute Gasteiger partial charge is 0.0678 e. The molecule has 0 N–H and O–H groups in total. The lowest BCUT2D eigenvalue weighted by atomic mass is 10.0. The van der Waals surface area contributed by atoms with Gasteiger partial charge in [0.1, 0.15) is 0 Å². The van der Waals surface area contributed by atoms with Crippen molar-refractivity contribution in [2.75, 3.05) is 33.2 Å². The van der Waals surface area contributed by atoms with E-state index in [1.54, 1.807) is 0 Å². The van der Waals surface area contributed by atoms with Crippen molar-refractivity contribution in [3.8, 4) is 0 Å². The van der Waals surface area contributed by atoms with Gasteiger partial charge in [0.15, 0.2) is 0 Å². The van der Waals surface area contributed by atoms with Crippen molar-refractivity contribution in [1.82, 2.24) is 9.80 Å². The summed E-state index contributed by atoms with van der Waals surface area (Å²) < 4.78 is 5.78. The molecule has 2 aliphatic rings. The first-order chi connectivity index (χ1) is 7.15. The van der Waals surface area contributed by atoms with E-state index in [4.69, 9.17) is 4.74 Å². The van der Waals surface area contributed by atoms with Gasteiger partial charge in [0, 0.05) is 19.1 Å². The van der Waals surface area contributed by atoms with Gasteiger partial charge >= 0.3 is 0 Å². The standard InChI is InChI=1S/C12H24N2O/c1-10-8-14(9-11(2)15-10)12-4-6-13(3)7-5-12/h10-12H,4-9H2,1-3H3/t10-,11-/m1/s1. The van der Waals surface area contributed by atoms with E-state index in [2.05, 4.69) is 30.7 Å². The van der Waals surface area contributed by atoms with Crippen LogP contribution >= 0.6 is 0 Å². The minimum absolute atomic E-state index is 0.411. The largest absolute Gasteiger partial charge is 0.373 e. The highest BCUT2D eigenvalue weighted by atomic mass is 16.5. The van der Waals surface area contributed by atoms with Crippen molar-refractivity contribution in [3.63, 3.8) is 0 Å². The van der Waals surface area contributed by atoms with Crippen LogP contribution in [0.1, 0.15) is 26.7 Å². The number of hydrogen-bond donors (Lipinski definition) is 0. The number of piperidine rings is 1. The quantitative estimate of drug-likeness (QED) is 0.649. The SMILES string of the molecule is C[C@@H]1CN(C2CCN(C)CC2)C[C@@H](C)O1. The topological polar surface area (TPSA) is 15.7 Å². The highest BCUT2D eigenvalue weighted by Crippen LogP contribution is 2.20. The predicted molar refractivity (Wildman–Crippen MR) is 62.1 cm³/mol. The zero-order valence-corrected chi connectivity index (χ0v) is 10.3. The molecule has 2 fully saturated rings. The van der Waals surface area contributed by atoms with Gasteiger partial charge in [-0.2, -0.15) is 0 Å². The molecule has 2 aliphatic heterocycles. The van der Waals surface area contributed by atoms with Crippen LogP contribution in [-0.4, -0.2) is 61.3 Å². The molecule has 2 rings (SSSR count). The maximum atomic E-state index is 5.78. The molecule has 0 bridgehead atoms. The summed E-state index contributed by atoms with van der Waals surface area (Å²) in [5.74, 6) is 0. The van der Waals surface area contributed by atoms with E-state index in [9.17, 15) is 0 Å². The molecule has 2 atom stereocenters. The van der Waals surface area contributed by atoms with E-state index in [1.165, 1.54) is 25.9 Å². The summed E-state index contributed by atoms with van der Waals surface area (Å²) in [5.41, 5.74) is 0. The number of ether oxygens (including phenoxy) is 1.